The van der Waals surface area contributed by atoms with Gasteiger partial charge in [0.1, 0.15) is 11.4 Å². The number of likely N-dealkylation sites (tertiary alicyclic amines) is 2. The Bertz CT molecular complexity index is 924. The van der Waals surface area contributed by atoms with Gasteiger partial charge < -0.3 is 19.5 Å². The molecule has 0 spiro atoms. The molecule has 2 heterocycles. The number of hydrogen-bond donors (Lipinski definition) is 1. The van der Waals surface area contributed by atoms with Crippen molar-refractivity contribution >= 4 is 0 Å². The molecule has 3 fully saturated rings. The van der Waals surface area contributed by atoms with Crippen LogP contribution in [-0.2, 0) is 11.3 Å². The quantitative estimate of drug-likeness (QED) is 0.523. The fraction of sp³-hybridized carbons (Fsp3) is 0.586. The van der Waals surface area contributed by atoms with E-state index in [4.69, 9.17) is 9.47 Å². The number of aliphatic hydroxyl groups excluding tert-OH is 1. The highest BCUT2D eigenvalue weighted by molar-refractivity contribution is 5.64. The predicted molar refractivity (Wildman–Crippen MR) is 136 cm³/mol. The number of halogens is 1. The van der Waals surface area contributed by atoms with Gasteiger partial charge in [0, 0.05) is 19.6 Å². The van der Waals surface area contributed by atoms with E-state index in [2.05, 4.69) is 58.3 Å². The van der Waals surface area contributed by atoms with Gasteiger partial charge in [0.25, 0.3) is 0 Å². The van der Waals surface area contributed by atoms with E-state index >= 15 is 0 Å². The Morgan fingerprint density at radius 1 is 0.886 bits per heavy atom. The van der Waals surface area contributed by atoms with Gasteiger partial charge in [-0.1, -0.05) is 36.4 Å². The molecular weight excluding hydrogens is 443 g/mol. The fourth-order valence-electron chi connectivity index (χ4n) is 5.40. The van der Waals surface area contributed by atoms with Gasteiger partial charge in [-0.15, -0.1) is 0 Å². The van der Waals surface area contributed by atoms with E-state index in [1.807, 2.05) is 0 Å². The number of piperidine rings is 1. The third kappa shape index (κ3) is 6.82. The first-order valence-electron chi connectivity index (χ1n) is 13.3. The predicted octanol–water partition coefficient (Wildman–Crippen LogP) is 4.88. The Hall–Kier alpha value is -1.99. The highest BCUT2D eigenvalue weighted by Gasteiger charge is 2.39. The average Bonchev–Trinajstić information content (AvgIpc) is 3.28. The van der Waals surface area contributed by atoms with Crippen molar-refractivity contribution in [2.75, 3.05) is 46.1 Å². The SMILES string of the molecule is O[C@H]1CCN(COCc2ccc(-c3ccc(OCC4CCN(CC5(F)CCC5)CC4)cc3)cc2)C1. The largest absolute Gasteiger partial charge is 0.493 e. The van der Waals surface area contributed by atoms with Gasteiger partial charge in [0.2, 0.25) is 0 Å². The molecule has 0 radical (unpaired) electrons. The van der Waals surface area contributed by atoms with Crippen LogP contribution in [0.4, 0.5) is 4.39 Å². The number of nitrogens with zero attached hydrogens (tertiary/aromatic N) is 2. The van der Waals surface area contributed by atoms with Crippen molar-refractivity contribution in [1.29, 1.82) is 0 Å². The molecule has 1 atom stereocenters. The van der Waals surface area contributed by atoms with Crippen molar-refractivity contribution in [3.8, 4) is 16.9 Å². The second-order valence-electron chi connectivity index (χ2n) is 10.8. The van der Waals surface area contributed by atoms with Crippen LogP contribution >= 0.6 is 0 Å². The number of hydrogen-bond acceptors (Lipinski definition) is 5. The van der Waals surface area contributed by atoms with Crippen LogP contribution in [0.15, 0.2) is 48.5 Å². The van der Waals surface area contributed by atoms with Crippen LogP contribution in [-0.4, -0.2) is 72.7 Å². The maximum Gasteiger partial charge on any atom is 0.123 e. The molecule has 6 heteroatoms. The number of β-amino-alcohol motifs (C(OH)–C–C–N with tert-alkyl or cyclic N) is 1. The van der Waals surface area contributed by atoms with Gasteiger partial charge in [-0.05, 0) is 86.4 Å². The van der Waals surface area contributed by atoms with E-state index in [1.54, 1.807) is 0 Å². The van der Waals surface area contributed by atoms with E-state index in [0.29, 0.717) is 32.3 Å². The minimum absolute atomic E-state index is 0.208. The molecule has 35 heavy (non-hydrogen) atoms. The summed E-state index contributed by atoms with van der Waals surface area (Å²) in [4.78, 5) is 4.45. The molecule has 5 nitrogen and oxygen atoms in total. The zero-order valence-electron chi connectivity index (χ0n) is 20.7. The van der Waals surface area contributed by atoms with Gasteiger partial charge in [-0.25, -0.2) is 4.39 Å². The highest BCUT2D eigenvalue weighted by atomic mass is 19.1. The Balaban J connectivity index is 1.02. The molecule has 190 valence electrons. The van der Waals surface area contributed by atoms with Gasteiger partial charge in [0.15, 0.2) is 0 Å². The van der Waals surface area contributed by atoms with Crippen LogP contribution < -0.4 is 4.74 Å². The molecule has 2 aromatic carbocycles. The Labute approximate surface area is 208 Å². The van der Waals surface area contributed by atoms with Crippen molar-refractivity contribution in [2.24, 2.45) is 5.92 Å². The third-order valence-corrected chi connectivity index (χ3v) is 7.88. The van der Waals surface area contributed by atoms with E-state index in [0.717, 1.165) is 76.1 Å². The highest BCUT2D eigenvalue weighted by Crippen LogP contribution is 2.37. The second kappa shape index (κ2) is 11.4. The Kier molecular flexibility index (Phi) is 8.03. The van der Waals surface area contributed by atoms with E-state index in [-0.39, 0.29) is 6.10 Å². The maximum atomic E-state index is 14.4. The molecule has 1 N–H and O–H groups in total. The van der Waals surface area contributed by atoms with Crippen LogP contribution in [0.25, 0.3) is 11.1 Å². The third-order valence-electron chi connectivity index (χ3n) is 7.88. The first-order chi connectivity index (χ1) is 17.0. The van der Waals surface area contributed by atoms with E-state index in [9.17, 15) is 9.50 Å². The lowest BCUT2D eigenvalue weighted by Gasteiger charge is -2.41. The molecule has 0 unspecified atom stereocenters. The lowest BCUT2D eigenvalue weighted by Crippen LogP contribution is -2.47. The first-order valence-corrected chi connectivity index (χ1v) is 13.3. The van der Waals surface area contributed by atoms with Gasteiger partial charge in [-0.2, -0.15) is 0 Å². The molecular formula is C29H39FN2O3. The summed E-state index contributed by atoms with van der Waals surface area (Å²) in [6.45, 7) is 6.09. The number of aliphatic hydroxyl groups is 1. The summed E-state index contributed by atoms with van der Waals surface area (Å²) in [6.07, 6.45) is 5.34. The minimum atomic E-state index is -0.905. The lowest BCUT2D eigenvalue weighted by atomic mass is 9.81. The molecule has 0 amide bonds. The summed E-state index contributed by atoms with van der Waals surface area (Å²) in [5, 5.41) is 9.59. The molecule has 2 aromatic rings. The number of benzene rings is 2. The van der Waals surface area contributed by atoms with Gasteiger partial charge in [0.05, 0.1) is 26.0 Å². The number of alkyl halides is 1. The maximum absolute atomic E-state index is 14.4. The molecule has 0 aromatic heterocycles. The fourth-order valence-corrected chi connectivity index (χ4v) is 5.40. The number of rotatable bonds is 10. The summed E-state index contributed by atoms with van der Waals surface area (Å²) in [6, 6.07) is 16.8. The van der Waals surface area contributed by atoms with Crippen molar-refractivity contribution in [2.45, 2.75) is 56.9 Å². The van der Waals surface area contributed by atoms with Crippen LogP contribution in [0, 0.1) is 5.92 Å². The molecule has 1 aliphatic carbocycles. The second-order valence-corrected chi connectivity index (χ2v) is 10.8. The molecule has 2 saturated heterocycles. The normalized spacial score (nSPS) is 23.3. The smallest absolute Gasteiger partial charge is 0.123 e. The van der Waals surface area contributed by atoms with Crippen LogP contribution in [0.5, 0.6) is 5.75 Å². The van der Waals surface area contributed by atoms with Crippen LogP contribution in [0.3, 0.4) is 0 Å². The zero-order valence-corrected chi connectivity index (χ0v) is 20.7. The average molecular weight is 483 g/mol. The summed E-state index contributed by atoms with van der Waals surface area (Å²) >= 11 is 0. The first kappa shape index (κ1) is 24.7. The van der Waals surface area contributed by atoms with E-state index in [1.165, 1.54) is 11.1 Å². The Morgan fingerprint density at radius 2 is 1.54 bits per heavy atom. The molecule has 2 aliphatic heterocycles. The summed E-state index contributed by atoms with van der Waals surface area (Å²) in [7, 11) is 0. The Morgan fingerprint density at radius 3 is 2.14 bits per heavy atom. The summed E-state index contributed by atoms with van der Waals surface area (Å²) < 4.78 is 26.3. The van der Waals surface area contributed by atoms with Gasteiger partial charge in [-0.3, -0.25) is 4.90 Å². The van der Waals surface area contributed by atoms with Crippen molar-refractivity contribution in [3.63, 3.8) is 0 Å². The number of ether oxygens (including phenoxy) is 2. The van der Waals surface area contributed by atoms with Crippen LogP contribution in [0.1, 0.15) is 44.1 Å². The molecule has 0 bridgehead atoms. The zero-order chi connectivity index (χ0) is 24.1. The van der Waals surface area contributed by atoms with Crippen LogP contribution in [0.2, 0.25) is 0 Å². The van der Waals surface area contributed by atoms with E-state index < -0.39 is 5.67 Å². The van der Waals surface area contributed by atoms with Crippen molar-refractivity contribution in [3.05, 3.63) is 54.1 Å². The summed E-state index contributed by atoms with van der Waals surface area (Å²) in [5.74, 6) is 1.46. The summed E-state index contributed by atoms with van der Waals surface area (Å²) in [5.41, 5.74) is 2.58. The standard InChI is InChI=1S/C29H39FN2O3/c30-29(13-1-14-29)21-31-15-10-24(11-16-31)20-35-28-8-6-26(7-9-28)25-4-2-23(3-5-25)19-34-22-32-17-12-27(33)18-32/h2-9,24,27,33H,1,10-22H2/t27-/m0/s1. The minimum Gasteiger partial charge on any atom is -0.493 e. The molecule has 5 rings (SSSR count). The van der Waals surface area contributed by atoms with Gasteiger partial charge >= 0.3 is 0 Å². The topological polar surface area (TPSA) is 45.2 Å². The van der Waals surface area contributed by atoms with Crippen molar-refractivity contribution < 1.29 is 19.0 Å². The lowest BCUT2D eigenvalue weighted by molar-refractivity contribution is 0.00740. The monoisotopic (exact) mass is 482 g/mol. The molecule has 1 saturated carbocycles. The molecule has 3 aliphatic rings. The van der Waals surface area contributed by atoms with Crippen molar-refractivity contribution in [1.82, 2.24) is 9.80 Å².